The molecule has 0 bridgehead atoms. The Labute approximate surface area is 147 Å². The summed E-state index contributed by atoms with van der Waals surface area (Å²) in [5, 5.41) is 9.60. The number of rotatable bonds is 4. The van der Waals surface area contributed by atoms with Gasteiger partial charge >= 0.3 is 6.03 Å². The fourth-order valence-electron chi connectivity index (χ4n) is 3.71. The lowest BCUT2D eigenvalue weighted by atomic mass is 10.0. The molecule has 6 nitrogen and oxygen atoms in total. The number of fused-ring (bicyclic) bond motifs is 1. The number of para-hydroxylation sites is 1. The van der Waals surface area contributed by atoms with Crippen LogP contribution in [0.2, 0.25) is 0 Å². The molecule has 6 heteroatoms. The van der Waals surface area contributed by atoms with Gasteiger partial charge in [-0.1, -0.05) is 24.6 Å². The zero-order chi connectivity index (χ0) is 18.0. The van der Waals surface area contributed by atoms with Crippen molar-refractivity contribution < 1.29 is 14.0 Å². The molecule has 1 fully saturated rings. The molecule has 3 atom stereocenters. The van der Waals surface area contributed by atoms with Gasteiger partial charge in [-0.05, 0) is 32.8 Å². The van der Waals surface area contributed by atoms with Crippen LogP contribution < -0.4 is 16.0 Å². The molecule has 3 amide bonds. The summed E-state index contributed by atoms with van der Waals surface area (Å²) in [6.07, 6.45) is 2.58. The maximum atomic E-state index is 12.4. The van der Waals surface area contributed by atoms with Gasteiger partial charge in [0.1, 0.15) is 11.3 Å². The number of hydrogen-bond donors (Lipinski definition) is 3. The Morgan fingerprint density at radius 1 is 1.24 bits per heavy atom. The van der Waals surface area contributed by atoms with E-state index in [9.17, 15) is 9.59 Å². The summed E-state index contributed by atoms with van der Waals surface area (Å²) in [7, 11) is 1.63. The molecular formula is C19H25N3O3. The smallest absolute Gasteiger partial charge is 0.315 e. The van der Waals surface area contributed by atoms with Crippen molar-refractivity contribution in [3.8, 4) is 0 Å². The molecule has 1 saturated carbocycles. The van der Waals surface area contributed by atoms with Gasteiger partial charge in [0.25, 0.3) is 0 Å². The normalized spacial score (nSPS) is 21.1. The number of benzene rings is 1. The quantitative estimate of drug-likeness (QED) is 0.798. The fourth-order valence-corrected chi connectivity index (χ4v) is 3.71. The first-order valence-electron chi connectivity index (χ1n) is 8.78. The molecule has 0 aliphatic heterocycles. The van der Waals surface area contributed by atoms with Gasteiger partial charge in [-0.2, -0.15) is 0 Å². The number of amides is 3. The van der Waals surface area contributed by atoms with Crippen LogP contribution in [0.15, 0.2) is 28.7 Å². The molecule has 2 unspecified atom stereocenters. The highest BCUT2D eigenvalue weighted by Gasteiger charge is 2.33. The number of furan rings is 1. The molecule has 1 aromatic carbocycles. The largest absolute Gasteiger partial charge is 0.459 e. The van der Waals surface area contributed by atoms with Crippen molar-refractivity contribution in [3.05, 3.63) is 35.6 Å². The van der Waals surface area contributed by atoms with Crippen LogP contribution in [0.1, 0.15) is 43.6 Å². The van der Waals surface area contributed by atoms with Crippen LogP contribution in [-0.4, -0.2) is 25.0 Å². The van der Waals surface area contributed by atoms with Crippen molar-refractivity contribution in [3.63, 3.8) is 0 Å². The third-order valence-corrected chi connectivity index (χ3v) is 5.04. The molecule has 1 heterocycles. The molecule has 2 aromatic rings. The van der Waals surface area contributed by atoms with Crippen LogP contribution in [0.3, 0.4) is 0 Å². The van der Waals surface area contributed by atoms with Gasteiger partial charge in [0.05, 0.1) is 12.0 Å². The van der Waals surface area contributed by atoms with Crippen molar-refractivity contribution in [1.82, 2.24) is 16.0 Å². The maximum absolute atomic E-state index is 12.4. The highest BCUT2D eigenvalue weighted by Crippen LogP contribution is 2.29. The molecule has 25 heavy (non-hydrogen) atoms. The molecule has 0 saturated heterocycles. The minimum Gasteiger partial charge on any atom is -0.459 e. The number of hydrogen-bond acceptors (Lipinski definition) is 3. The second-order valence-electron chi connectivity index (χ2n) is 6.69. The molecule has 0 radical (unpaired) electrons. The number of carbonyl (C=O) groups is 2. The molecule has 3 N–H and O–H groups in total. The monoisotopic (exact) mass is 343 g/mol. The van der Waals surface area contributed by atoms with Crippen LogP contribution >= 0.6 is 0 Å². The van der Waals surface area contributed by atoms with Crippen LogP contribution in [0.4, 0.5) is 4.79 Å². The summed E-state index contributed by atoms with van der Waals surface area (Å²) in [5.41, 5.74) is 1.85. The number of urea groups is 1. The van der Waals surface area contributed by atoms with Crippen molar-refractivity contribution in [2.75, 3.05) is 7.05 Å². The van der Waals surface area contributed by atoms with E-state index in [1.54, 1.807) is 7.05 Å². The van der Waals surface area contributed by atoms with Gasteiger partial charge in [0, 0.05) is 24.0 Å². The Morgan fingerprint density at radius 3 is 2.72 bits per heavy atom. The standard InChI is InChI=1S/C19H25N3O3/c1-11-13-7-4-5-10-16(13)25-17(11)12(2)21-19(24)22-15-9-6-8-14(15)18(23)20-3/h4-5,7,10,12,14-15H,6,8-9H2,1-3H3,(H,20,23)(H2,21,22,24)/t12-,14?,15?/m1/s1. The van der Waals surface area contributed by atoms with Gasteiger partial charge in [-0.15, -0.1) is 0 Å². The minimum atomic E-state index is -0.270. The van der Waals surface area contributed by atoms with Crippen LogP contribution in [0, 0.1) is 12.8 Å². The first kappa shape index (κ1) is 17.3. The highest BCUT2D eigenvalue weighted by atomic mass is 16.3. The summed E-state index contributed by atoms with van der Waals surface area (Å²) in [6.45, 7) is 3.89. The zero-order valence-electron chi connectivity index (χ0n) is 14.9. The number of carbonyl (C=O) groups excluding carboxylic acids is 2. The Morgan fingerprint density at radius 2 is 2.00 bits per heavy atom. The van der Waals surface area contributed by atoms with Gasteiger partial charge < -0.3 is 20.4 Å². The van der Waals surface area contributed by atoms with Crippen molar-refractivity contribution in [2.24, 2.45) is 5.92 Å². The molecule has 1 aliphatic carbocycles. The zero-order valence-corrected chi connectivity index (χ0v) is 14.9. The van der Waals surface area contributed by atoms with E-state index in [-0.39, 0.29) is 29.9 Å². The van der Waals surface area contributed by atoms with E-state index >= 15 is 0 Å². The van der Waals surface area contributed by atoms with Gasteiger partial charge in [0.15, 0.2) is 0 Å². The first-order chi connectivity index (χ1) is 12.0. The SMILES string of the molecule is CNC(=O)C1CCCC1NC(=O)N[C@H](C)c1oc2ccccc2c1C. The van der Waals surface area contributed by atoms with Gasteiger partial charge in [-0.3, -0.25) is 4.79 Å². The molecular weight excluding hydrogens is 318 g/mol. The van der Waals surface area contributed by atoms with E-state index in [2.05, 4.69) is 16.0 Å². The summed E-state index contributed by atoms with van der Waals surface area (Å²) in [4.78, 5) is 24.3. The third-order valence-electron chi connectivity index (χ3n) is 5.04. The van der Waals surface area contributed by atoms with Crippen LogP contribution in [-0.2, 0) is 4.79 Å². The third kappa shape index (κ3) is 3.48. The minimum absolute atomic E-state index is 0.0102. The summed E-state index contributed by atoms with van der Waals surface area (Å²) < 4.78 is 5.90. The second-order valence-corrected chi connectivity index (χ2v) is 6.69. The average Bonchev–Trinajstić information content (AvgIpc) is 3.19. The molecule has 1 aromatic heterocycles. The summed E-state index contributed by atoms with van der Waals surface area (Å²) >= 11 is 0. The highest BCUT2D eigenvalue weighted by molar-refractivity contribution is 5.83. The summed E-state index contributed by atoms with van der Waals surface area (Å²) in [6, 6.07) is 7.18. The Bertz CT molecular complexity index is 783. The van der Waals surface area contributed by atoms with Crippen molar-refractivity contribution in [2.45, 2.75) is 45.2 Å². The Kier molecular flexibility index (Phi) is 4.97. The van der Waals surface area contributed by atoms with E-state index in [0.717, 1.165) is 41.6 Å². The molecule has 134 valence electrons. The maximum Gasteiger partial charge on any atom is 0.315 e. The molecule has 0 spiro atoms. The van der Waals surface area contributed by atoms with Gasteiger partial charge in [0.2, 0.25) is 5.91 Å². The Balaban J connectivity index is 1.66. The van der Waals surface area contributed by atoms with E-state index in [1.165, 1.54) is 0 Å². The fraction of sp³-hybridized carbons (Fsp3) is 0.474. The van der Waals surface area contributed by atoms with Gasteiger partial charge in [-0.25, -0.2) is 4.79 Å². The summed E-state index contributed by atoms with van der Waals surface area (Å²) in [5.74, 6) is 0.591. The number of aryl methyl sites for hydroxylation is 1. The van der Waals surface area contributed by atoms with E-state index in [4.69, 9.17) is 4.42 Å². The van der Waals surface area contributed by atoms with Crippen LogP contribution in [0.25, 0.3) is 11.0 Å². The lowest BCUT2D eigenvalue weighted by Gasteiger charge is -2.21. The van der Waals surface area contributed by atoms with Crippen molar-refractivity contribution in [1.29, 1.82) is 0 Å². The Hall–Kier alpha value is -2.50. The first-order valence-corrected chi connectivity index (χ1v) is 8.78. The van der Waals surface area contributed by atoms with E-state index in [0.29, 0.717) is 0 Å². The van der Waals surface area contributed by atoms with E-state index in [1.807, 2.05) is 38.1 Å². The van der Waals surface area contributed by atoms with Crippen molar-refractivity contribution >= 4 is 22.9 Å². The lowest BCUT2D eigenvalue weighted by Crippen LogP contribution is -2.47. The second kappa shape index (κ2) is 7.17. The number of nitrogens with one attached hydrogen (secondary N) is 3. The average molecular weight is 343 g/mol. The molecule has 1 aliphatic rings. The van der Waals surface area contributed by atoms with E-state index < -0.39 is 0 Å². The predicted octanol–water partition coefficient (Wildman–Crippen LogP) is 3.02. The predicted molar refractivity (Wildman–Crippen MR) is 96.2 cm³/mol. The topological polar surface area (TPSA) is 83.4 Å². The van der Waals surface area contributed by atoms with Crippen LogP contribution in [0.5, 0.6) is 0 Å². The lowest BCUT2D eigenvalue weighted by molar-refractivity contribution is -0.124. The molecule has 3 rings (SSSR count).